The molecule has 2 aliphatic carbocycles. The summed E-state index contributed by atoms with van der Waals surface area (Å²) in [7, 11) is 3.66. The van der Waals surface area contributed by atoms with Crippen LogP contribution in [0.25, 0.3) is 0 Å². The van der Waals surface area contributed by atoms with Gasteiger partial charge in [0.2, 0.25) is 0 Å². The summed E-state index contributed by atoms with van der Waals surface area (Å²) in [5.41, 5.74) is 3.23. The highest BCUT2D eigenvalue weighted by atomic mass is 16.2. The van der Waals surface area contributed by atoms with Gasteiger partial charge in [0, 0.05) is 37.9 Å². The van der Waals surface area contributed by atoms with Crippen molar-refractivity contribution in [1.29, 1.82) is 0 Å². The number of hydrogen-bond donors (Lipinski definition) is 1. The number of fused-ring (bicyclic) bond motifs is 1. The Hall–Kier alpha value is -1.36. The lowest BCUT2D eigenvalue weighted by Crippen LogP contribution is -2.36. The van der Waals surface area contributed by atoms with E-state index in [9.17, 15) is 4.79 Å². The number of aromatic nitrogens is 2. The summed E-state index contributed by atoms with van der Waals surface area (Å²) in [4.78, 5) is 14.4. The molecule has 1 aromatic rings. The molecule has 2 aliphatic rings. The molecule has 5 heteroatoms. The van der Waals surface area contributed by atoms with E-state index >= 15 is 0 Å². The van der Waals surface area contributed by atoms with Gasteiger partial charge in [0.05, 0.1) is 0 Å². The molecule has 0 bridgehead atoms. The van der Waals surface area contributed by atoms with Crippen molar-refractivity contribution in [3.63, 3.8) is 0 Å². The standard InChI is InChI=1S/C22H38N4O/c1-16(2)12-13-23-18-10-11-20-19(14-18)21(22(27)25(3)4)24-26(20)15-17-8-6-5-7-9-17/h16-18,23H,5-15H2,1-4H3/t18-/m0/s1. The Morgan fingerprint density at radius 1 is 1.22 bits per heavy atom. The minimum atomic E-state index is 0.0523. The molecular weight excluding hydrogens is 336 g/mol. The average molecular weight is 375 g/mol. The van der Waals surface area contributed by atoms with Gasteiger partial charge in [-0.1, -0.05) is 33.1 Å². The van der Waals surface area contributed by atoms with Crippen LogP contribution in [0.4, 0.5) is 0 Å². The molecule has 1 N–H and O–H groups in total. The topological polar surface area (TPSA) is 50.2 Å². The molecule has 1 fully saturated rings. The van der Waals surface area contributed by atoms with Crippen LogP contribution >= 0.6 is 0 Å². The fourth-order valence-corrected chi connectivity index (χ4v) is 4.59. The Labute approximate surface area is 164 Å². The zero-order valence-corrected chi connectivity index (χ0v) is 17.8. The van der Waals surface area contributed by atoms with Gasteiger partial charge < -0.3 is 10.2 Å². The molecule has 0 radical (unpaired) electrons. The van der Waals surface area contributed by atoms with Gasteiger partial charge in [0.15, 0.2) is 5.69 Å². The van der Waals surface area contributed by atoms with E-state index in [1.807, 2.05) is 14.1 Å². The van der Waals surface area contributed by atoms with E-state index < -0.39 is 0 Å². The Kier molecular flexibility index (Phi) is 6.96. The Morgan fingerprint density at radius 3 is 2.63 bits per heavy atom. The summed E-state index contributed by atoms with van der Waals surface area (Å²) < 4.78 is 2.20. The highest BCUT2D eigenvalue weighted by molar-refractivity contribution is 5.93. The van der Waals surface area contributed by atoms with Crippen molar-refractivity contribution in [1.82, 2.24) is 20.0 Å². The van der Waals surface area contributed by atoms with Crippen LogP contribution in [0.15, 0.2) is 0 Å². The lowest BCUT2D eigenvalue weighted by Gasteiger charge is -2.26. The number of carbonyl (C=O) groups is 1. The highest BCUT2D eigenvalue weighted by Gasteiger charge is 2.30. The van der Waals surface area contributed by atoms with Crippen molar-refractivity contribution < 1.29 is 4.79 Å². The fourth-order valence-electron chi connectivity index (χ4n) is 4.59. The summed E-state index contributed by atoms with van der Waals surface area (Å²) in [6.07, 6.45) is 11.0. The van der Waals surface area contributed by atoms with Gasteiger partial charge in [-0.2, -0.15) is 5.10 Å². The number of hydrogen-bond acceptors (Lipinski definition) is 3. The fraction of sp³-hybridized carbons (Fsp3) is 0.818. The molecule has 0 spiro atoms. The molecule has 5 nitrogen and oxygen atoms in total. The van der Waals surface area contributed by atoms with Crippen LogP contribution in [0.1, 0.15) is 80.5 Å². The van der Waals surface area contributed by atoms with Gasteiger partial charge in [0.25, 0.3) is 5.91 Å². The highest BCUT2D eigenvalue weighted by Crippen LogP contribution is 2.30. The van der Waals surface area contributed by atoms with E-state index in [4.69, 9.17) is 5.10 Å². The maximum Gasteiger partial charge on any atom is 0.274 e. The van der Waals surface area contributed by atoms with E-state index in [1.54, 1.807) is 4.90 Å². The first-order valence-electron chi connectivity index (χ1n) is 11.0. The lowest BCUT2D eigenvalue weighted by molar-refractivity contribution is 0.0819. The quantitative estimate of drug-likeness (QED) is 0.792. The molecule has 1 atom stereocenters. The molecule has 1 saturated carbocycles. The molecule has 1 aromatic heterocycles. The van der Waals surface area contributed by atoms with Crippen molar-refractivity contribution in [3.8, 4) is 0 Å². The van der Waals surface area contributed by atoms with Crippen LogP contribution < -0.4 is 5.32 Å². The second-order valence-corrected chi connectivity index (χ2v) is 9.24. The second-order valence-electron chi connectivity index (χ2n) is 9.24. The van der Waals surface area contributed by atoms with Crippen LogP contribution in [-0.2, 0) is 19.4 Å². The molecule has 0 saturated heterocycles. The third kappa shape index (κ3) is 5.13. The Bertz CT molecular complexity index is 629. The SMILES string of the molecule is CC(C)CCN[C@H]1CCc2c(c(C(=O)N(C)C)nn2CC2CCCCC2)C1. The molecule has 0 aliphatic heterocycles. The molecule has 1 heterocycles. The predicted octanol–water partition coefficient (Wildman–Crippen LogP) is 3.66. The molecule has 27 heavy (non-hydrogen) atoms. The van der Waals surface area contributed by atoms with E-state index in [1.165, 1.54) is 49.8 Å². The predicted molar refractivity (Wildman–Crippen MR) is 110 cm³/mol. The van der Waals surface area contributed by atoms with Crippen molar-refractivity contribution >= 4 is 5.91 Å². The maximum absolute atomic E-state index is 12.8. The van der Waals surface area contributed by atoms with Gasteiger partial charge >= 0.3 is 0 Å². The van der Waals surface area contributed by atoms with Crippen LogP contribution in [0.5, 0.6) is 0 Å². The van der Waals surface area contributed by atoms with Crippen LogP contribution in [-0.4, -0.2) is 47.3 Å². The third-order valence-corrected chi connectivity index (χ3v) is 6.27. The van der Waals surface area contributed by atoms with Crippen LogP contribution in [0.2, 0.25) is 0 Å². The zero-order chi connectivity index (χ0) is 19.4. The first-order valence-corrected chi connectivity index (χ1v) is 11.0. The maximum atomic E-state index is 12.8. The van der Waals surface area contributed by atoms with Gasteiger partial charge in [-0.25, -0.2) is 0 Å². The zero-order valence-electron chi connectivity index (χ0n) is 17.8. The molecule has 3 rings (SSSR count). The average Bonchev–Trinajstić information content (AvgIpc) is 2.99. The monoisotopic (exact) mass is 374 g/mol. The number of nitrogens with one attached hydrogen (secondary N) is 1. The Morgan fingerprint density at radius 2 is 1.96 bits per heavy atom. The summed E-state index contributed by atoms with van der Waals surface area (Å²) in [5, 5.41) is 8.57. The molecule has 1 amide bonds. The van der Waals surface area contributed by atoms with Crippen LogP contribution in [0, 0.1) is 11.8 Å². The van der Waals surface area contributed by atoms with Crippen molar-refractivity contribution in [2.24, 2.45) is 11.8 Å². The van der Waals surface area contributed by atoms with Gasteiger partial charge in [-0.15, -0.1) is 0 Å². The number of rotatable bonds is 7. The summed E-state index contributed by atoms with van der Waals surface area (Å²) in [6, 6.07) is 0.470. The van der Waals surface area contributed by atoms with Gasteiger partial charge in [0.1, 0.15) is 0 Å². The minimum absolute atomic E-state index is 0.0523. The number of carbonyl (C=O) groups excluding carboxylic acids is 1. The van der Waals surface area contributed by atoms with Crippen molar-refractivity contribution in [2.75, 3.05) is 20.6 Å². The number of nitrogens with zero attached hydrogens (tertiary/aromatic N) is 3. The summed E-state index contributed by atoms with van der Waals surface area (Å²) >= 11 is 0. The van der Waals surface area contributed by atoms with Crippen molar-refractivity contribution in [2.45, 2.75) is 84.2 Å². The van der Waals surface area contributed by atoms with Crippen molar-refractivity contribution in [3.05, 3.63) is 17.0 Å². The largest absolute Gasteiger partial charge is 0.343 e. The first kappa shape index (κ1) is 20.4. The molecule has 0 aromatic carbocycles. The third-order valence-electron chi connectivity index (χ3n) is 6.27. The lowest BCUT2D eigenvalue weighted by atomic mass is 9.88. The molecular formula is C22H38N4O. The first-order chi connectivity index (χ1) is 13.0. The second kappa shape index (κ2) is 9.22. The summed E-state index contributed by atoms with van der Waals surface area (Å²) in [5.74, 6) is 1.50. The van der Waals surface area contributed by atoms with Gasteiger partial charge in [-0.05, 0) is 56.9 Å². The van der Waals surface area contributed by atoms with E-state index in [0.29, 0.717) is 11.7 Å². The van der Waals surface area contributed by atoms with E-state index in [0.717, 1.165) is 44.2 Å². The van der Waals surface area contributed by atoms with E-state index in [2.05, 4.69) is 23.8 Å². The number of amides is 1. The smallest absolute Gasteiger partial charge is 0.274 e. The Balaban J connectivity index is 1.76. The molecule has 152 valence electrons. The minimum Gasteiger partial charge on any atom is -0.343 e. The van der Waals surface area contributed by atoms with Crippen LogP contribution in [0.3, 0.4) is 0 Å². The molecule has 0 unspecified atom stereocenters. The summed E-state index contributed by atoms with van der Waals surface area (Å²) in [6.45, 7) is 6.59. The normalized spacial score (nSPS) is 20.7. The van der Waals surface area contributed by atoms with E-state index in [-0.39, 0.29) is 5.91 Å². The van der Waals surface area contributed by atoms with Gasteiger partial charge in [-0.3, -0.25) is 9.48 Å².